The monoisotopic (exact) mass is 645 g/mol. The molecule has 0 amide bonds. The van der Waals surface area contributed by atoms with Crippen molar-refractivity contribution >= 4 is 11.7 Å². The van der Waals surface area contributed by atoms with Gasteiger partial charge in [0.25, 0.3) is 6.43 Å². The van der Waals surface area contributed by atoms with Gasteiger partial charge in [-0.25, -0.2) is 8.78 Å². The van der Waals surface area contributed by atoms with Crippen LogP contribution in [-0.4, -0.2) is 166 Å². The number of nitrogens with two attached hydrogens (primary N) is 3. The average molecular weight is 646 g/mol. The predicted octanol–water partition coefficient (Wildman–Crippen LogP) is -5.35. The topological polar surface area (TPSA) is 308 Å². The average Bonchev–Trinajstić information content (AvgIpc) is 2.96. The molecule has 1 heterocycles. The highest BCUT2D eigenvalue weighted by molar-refractivity contribution is 5.84. The van der Waals surface area contributed by atoms with Gasteiger partial charge in [-0.2, -0.15) is 0 Å². The van der Waals surface area contributed by atoms with Gasteiger partial charge in [0, 0.05) is 12.1 Å². The number of hydrogen-bond acceptors (Lipinski definition) is 15. The number of amidine groups is 2. The van der Waals surface area contributed by atoms with Gasteiger partial charge in [-0.1, -0.05) is 0 Å². The van der Waals surface area contributed by atoms with Crippen molar-refractivity contribution in [1.82, 2.24) is 10.6 Å². The highest BCUT2D eigenvalue weighted by Gasteiger charge is 2.51. The first kappa shape index (κ1) is 38.5. The van der Waals surface area contributed by atoms with E-state index in [0.29, 0.717) is 0 Å². The molecule has 2 rings (SSSR count). The number of ether oxygens (including phenoxy) is 3. The third kappa shape index (κ3) is 10.4. The van der Waals surface area contributed by atoms with Gasteiger partial charge in [-0.3, -0.25) is 10.4 Å². The Balaban J connectivity index is 2.10. The fourth-order valence-electron chi connectivity index (χ4n) is 5.14. The number of halogens is 2. The molecule has 44 heavy (non-hydrogen) atoms. The third-order valence-electron chi connectivity index (χ3n) is 7.70. The Morgan fingerprint density at radius 2 is 1.84 bits per heavy atom. The minimum absolute atomic E-state index is 0.0895. The van der Waals surface area contributed by atoms with E-state index in [9.17, 15) is 39.4 Å². The summed E-state index contributed by atoms with van der Waals surface area (Å²) in [6.07, 6.45) is -14.5. The summed E-state index contributed by atoms with van der Waals surface area (Å²) in [5, 5.41) is 83.8. The Hall–Kier alpha value is -1.72. The van der Waals surface area contributed by atoms with E-state index in [2.05, 4.69) is 15.6 Å². The molecule has 13 atom stereocenters. The van der Waals surface area contributed by atoms with E-state index in [1.54, 1.807) is 0 Å². The second kappa shape index (κ2) is 17.3. The molecule has 2 fully saturated rings. The minimum atomic E-state index is -3.26. The molecule has 0 bridgehead atoms. The van der Waals surface area contributed by atoms with Crippen LogP contribution in [0.1, 0.15) is 26.2 Å². The Morgan fingerprint density at radius 3 is 2.43 bits per heavy atom. The molecule has 0 radical (unpaired) electrons. The van der Waals surface area contributed by atoms with E-state index >= 15 is 0 Å². The zero-order chi connectivity index (χ0) is 33.4. The van der Waals surface area contributed by atoms with Gasteiger partial charge >= 0.3 is 0 Å². The Kier molecular flexibility index (Phi) is 15.1. The van der Waals surface area contributed by atoms with Gasteiger partial charge < -0.3 is 77.8 Å². The van der Waals surface area contributed by atoms with Crippen LogP contribution in [0.2, 0.25) is 0 Å². The summed E-state index contributed by atoms with van der Waals surface area (Å²) < 4.78 is 43.3. The van der Waals surface area contributed by atoms with E-state index in [-0.39, 0.29) is 44.9 Å². The van der Waals surface area contributed by atoms with Gasteiger partial charge in [-0.05, 0) is 33.2 Å². The standard InChI is InChI=1S/C25H49F2N7O10/c1-25(41)9-43-24(16(39)20(25)32-2)44-19-13(34-23(31)17(40)21(26)27)5-12(29)18(15(19)38)42-8-10(28)3-4-11(36)6-33-22(30)14(37)7-35/h10-21,24,32,35-41H,3-9,28-29H2,1-2H3,(H2,30,33)(H2,31,34)/t10?,11-,12-,13+,14?,15?,16?,17?,18?,19?,20+,24+,25?/m0/s1. The fourth-order valence-corrected chi connectivity index (χ4v) is 5.14. The van der Waals surface area contributed by atoms with Crippen LogP contribution in [0.5, 0.6) is 0 Å². The number of alkyl halides is 2. The molecule has 2 aliphatic rings. The minimum Gasteiger partial charge on any atom is -0.393 e. The van der Waals surface area contributed by atoms with Crippen LogP contribution in [0.4, 0.5) is 8.78 Å². The van der Waals surface area contributed by atoms with Crippen molar-refractivity contribution in [1.29, 1.82) is 5.41 Å². The molecule has 1 saturated heterocycles. The lowest BCUT2D eigenvalue weighted by molar-refractivity contribution is -0.298. The molecule has 0 spiro atoms. The van der Waals surface area contributed by atoms with E-state index in [4.69, 9.17) is 41.9 Å². The zero-order valence-electron chi connectivity index (χ0n) is 24.7. The second-order valence-electron chi connectivity index (χ2n) is 11.5. The van der Waals surface area contributed by atoms with Crippen LogP contribution in [-0.2, 0) is 14.2 Å². The highest BCUT2D eigenvalue weighted by Crippen LogP contribution is 2.30. The molecule has 19 heteroatoms. The Labute approximate surface area is 253 Å². The molecule has 0 aromatic heterocycles. The Bertz CT molecular complexity index is 927. The lowest BCUT2D eigenvalue weighted by atomic mass is 9.83. The van der Waals surface area contributed by atoms with E-state index < -0.39 is 97.7 Å². The first-order valence-corrected chi connectivity index (χ1v) is 14.3. The molecule has 16 N–H and O–H groups in total. The molecular weight excluding hydrogens is 596 g/mol. The number of likely N-dealkylation sites (N-methyl/N-ethyl adjacent to an activating group) is 1. The highest BCUT2D eigenvalue weighted by atomic mass is 19.3. The normalized spacial score (nSPS) is 36.1. The molecular formula is C25H49F2N7O10. The summed E-state index contributed by atoms with van der Waals surface area (Å²) in [7, 11) is 1.51. The molecule has 258 valence electrons. The maximum atomic E-state index is 13.0. The summed E-state index contributed by atoms with van der Waals surface area (Å²) in [4.78, 5) is 3.81. The van der Waals surface area contributed by atoms with Crippen molar-refractivity contribution in [2.45, 2.75) is 111 Å². The molecule has 8 unspecified atom stereocenters. The van der Waals surface area contributed by atoms with Crippen molar-refractivity contribution in [3.63, 3.8) is 0 Å². The summed E-state index contributed by atoms with van der Waals surface area (Å²) in [5.41, 5.74) is 16.4. The first-order chi connectivity index (χ1) is 20.5. The lowest BCUT2D eigenvalue weighted by Gasteiger charge is -2.48. The molecule has 1 aliphatic heterocycles. The smallest absolute Gasteiger partial charge is 0.271 e. The van der Waals surface area contributed by atoms with Gasteiger partial charge in [0.15, 0.2) is 12.4 Å². The van der Waals surface area contributed by atoms with Crippen LogP contribution in [0.25, 0.3) is 0 Å². The summed E-state index contributed by atoms with van der Waals surface area (Å²) >= 11 is 0. The molecule has 0 aromatic carbocycles. The number of nitrogens with zero attached hydrogens (tertiary/aromatic N) is 1. The van der Waals surface area contributed by atoms with E-state index in [1.165, 1.54) is 14.0 Å². The maximum Gasteiger partial charge on any atom is 0.271 e. The summed E-state index contributed by atoms with van der Waals surface area (Å²) in [6, 6.07) is -3.57. The van der Waals surface area contributed by atoms with Crippen molar-refractivity contribution in [2.75, 3.05) is 33.4 Å². The molecule has 1 saturated carbocycles. The number of aliphatic hydroxyl groups is 7. The van der Waals surface area contributed by atoms with Crippen LogP contribution in [0.3, 0.4) is 0 Å². The first-order valence-electron chi connectivity index (χ1n) is 14.3. The number of hydrogen-bond donors (Lipinski definition) is 13. The number of aliphatic imine (C=N–C) groups is 1. The van der Waals surface area contributed by atoms with Gasteiger partial charge in [0.1, 0.15) is 47.8 Å². The summed E-state index contributed by atoms with van der Waals surface area (Å²) in [6.45, 7) is 0.300. The fraction of sp³-hybridized carbons (Fsp3) is 0.920. The van der Waals surface area contributed by atoms with E-state index in [1.807, 2.05) is 0 Å². The number of nitrogens with one attached hydrogen (secondary N) is 3. The molecule has 17 nitrogen and oxygen atoms in total. The van der Waals surface area contributed by atoms with Gasteiger partial charge in [-0.15, -0.1) is 0 Å². The maximum absolute atomic E-state index is 13.0. The van der Waals surface area contributed by atoms with Crippen LogP contribution >= 0.6 is 0 Å². The SMILES string of the molecule is CN[C@@H]1C(O)[C@@H](OC2C(O)C(OCC(N)CC[C@H](O)CN=C(N)C(O)CO)[C@@H](N)C[C@H]2NC(=N)C(O)C(F)F)OCC1(C)O. The second-order valence-corrected chi connectivity index (χ2v) is 11.5. The van der Waals surface area contributed by atoms with Crippen LogP contribution in [0, 0.1) is 5.41 Å². The molecule has 0 aromatic rings. The van der Waals surface area contributed by atoms with Crippen LogP contribution in [0.15, 0.2) is 4.99 Å². The van der Waals surface area contributed by atoms with Crippen LogP contribution < -0.4 is 27.8 Å². The molecule has 1 aliphatic carbocycles. The van der Waals surface area contributed by atoms with Gasteiger partial charge in [0.05, 0.1) is 44.6 Å². The number of aliphatic hydroxyl groups excluding tert-OH is 6. The van der Waals surface area contributed by atoms with Crippen molar-refractivity contribution in [2.24, 2.45) is 22.2 Å². The Morgan fingerprint density at radius 1 is 1.18 bits per heavy atom. The third-order valence-corrected chi connectivity index (χ3v) is 7.70. The van der Waals surface area contributed by atoms with Crippen molar-refractivity contribution in [3.8, 4) is 0 Å². The van der Waals surface area contributed by atoms with Gasteiger partial charge in [0.2, 0.25) is 0 Å². The van der Waals surface area contributed by atoms with E-state index in [0.717, 1.165) is 0 Å². The largest absolute Gasteiger partial charge is 0.393 e. The quantitative estimate of drug-likeness (QED) is 0.0550. The van der Waals surface area contributed by atoms with Crippen molar-refractivity contribution in [3.05, 3.63) is 0 Å². The summed E-state index contributed by atoms with van der Waals surface area (Å²) in [5.74, 6) is -1.16. The number of rotatable bonds is 16. The van der Waals surface area contributed by atoms with Crippen molar-refractivity contribution < 1.29 is 58.7 Å². The predicted molar refractivity (Wildman–Crippen MR) is 152 cm³/mol. The zero-order valence-corrected chi connectivity index (χ0v) is 24.7. The lowest BCUT2D eigenvalue weighted by Crippen LogP contribution is -2.69.